The second-order valence-corrected chi connectivity index (χ2v) is 7.99. The second-order valence-electron chi connectivity index (χ2n) is 7.99. The van der Waals surface area contributed by atoms with E-state index >= 15 is 0 Å². The van der Waals surface area contributed by atoms with Gasteiger partial charge in [0.25, 0.3) is 0 Å². The van der Waals surface area contributed by atoms with Gasteiger partial charge in [-0.3, -0.25) is 19.4 Å². The Labute approximate surface area is 166 Å². The molecule has 0 bridgehead atoms. The smallest absolute Gasteiger partial charge is 0.241 e. The third-order valence-electron chi connectivity index (χ3n) is 6.02. The van der Waals surface area contributed by atoms with E-state index in [1.54, 1.807) is 0 Å². The number of para-hydroxylation sites is 1. The molecule has 0 spiro atoms. The van der Waals surface area contributed by atoms with E-state index in [4.69, 9.17) is 4.74 Å². The number of ether oxygens (including phenoxy) is 1. The number of morpholine rings is 1. The number of fused-ring (bicyclic) bond motifs is 1. The monoisotopic (exact) mass is 386 g/mol. The molecular weight excluding hydrogens is 356 g/mol. The molecule has 0 radical (unpaired) electrons. The zero-order valence-corrected chi connectivity index (χ0v) is 16.7. The van der Waals surface area contributed by atoms with Gasteiger partial charge >= 0.3 is 0 Å². The largest absolute Gasteiger partial charge is 0.378 e. The van der Waals surface area contributed by atoms with Crippen LogP contribution in [0.1, 0.15) is 12.5 Å². The van der Waals surface area contributed by atoms with Gasteiger partial charge in [-0.15, -0.1) is 0 Å². The molecule has 0 unspecified atom stereocenters. The lowest BCUT2D eigenvalue weighted by atomic mass is 10.1. The Balaban J connectivity index is 1.25. The molecule has 2 saturated heterocycles. The van der Waals surface area contributed by atoms with Crippen molar-refractivity contribution < 1.29 is 14.3 Å². The lowest BCUT2D eigenvalue weighted by Crippen LogP contribution is -2.53. The van der Waals surface area contributed by atoms with Crippen molar-refractivity contribution in [2.24, 2.45) is 0 Å². The molecule has 1 atom stereocenters. The number of amides is 2. The van der Waals surface area contributed by atoms with Crippen molar-refractivity contribution in [3.63, 3.8) is 0 Å². The van der Waals surface area contributed by atoms with Gasteiger partial charge in [-0.1, -0.05) is 18.2 Å². The third-order valence-corrected chi connectivity index (χ3v) is 6.02. The van der Waals surface area contributed by atoms with Gasteiger partial charge in [0.05, 0.1) is 26.3 Å². The van der Waals surface area contributed by atoms with E-state index in [9.17, 15) is 9.59 Å². The van der Waals surface area contributed by atoms with Gasteiger partial charge in [0.2, 0.25) is 11.8 Å². The van der Waals surface area contributed by atoms with E-state index in [0.29, 0.717) is 39.4 Å². The first-order valence-electron chi connectivity index (χ1n) is 10.3. The fourth-order valence-corrected chi connectivity index (χ4v) is 4.42. The van der Waals surface area contributed by atoms with Crippen molar-refractivity contribution in [3.05, 3.63) is 29.8 Å². The summed E-state index contributed by atoms with van der Waals surface area (Å²) in [6, 6.07) is 8.42. The molecule has 3 aliphatic heterocycles. The highest BCUT2D eigenvalue weighted by Gasteiger charge is 2.32. The molecule has 0 aliphatic carbocycles. The first kappa shape index (κ1) is 19.4. The average molecular weight is 386 g/mol. The molecule has 3 heterocycles. The molecular formula is C21H30N4O3. The van der Waals surface area contributed by atoms with Gasteiger partial charge in [-0.2, -0.15) is 0 Å². The molecule has 0 N–H and O–H groups in total. The zero-order valence-electron chi connectivity index (χ0n) is 16.7. The summed E-state index contributed by atoms with van der Waals surface area (Å²) < 4.78 is 5.31. The van der Waals surface area contributed by atoms with Crippen LogP contribution in [-0.2, 0) is 20.7 Å². The molecule has 0 aromatic heterocycles. The lowest BCUT2D eigenvalue weighted by Gasteiger charge is -2.36. The van der Waals surface area contributed by atoms with E-state index in [1.165, 1.54) is 5.56 Å². The van der Waals surface area contributed by atoms with Crippen LogP contribution in [0.5, 0.6) is 0 Å². The summed E-state index contributed by atoms with van der Waals surface area (Å²) in [5, 5.41) is 0. The quantitative estimate of drug-likeness (QED) is 0.752. The Morgan fingerprint density at radius 3 is 2.21 bits per heavy atom. The molecule has 152 valence electrons. The Morgan fingerprint density at radius 2 is 1.54 bits per heavy atom. The van der Waals surface area contributed by atoms with Gasteiger partial charge in [-0.25, -0.2) is 0 Å². The highest BCUT2D eigenvalue weighted by Crippen LogP contribution is 2.31. The number of benzene rings is 1. The summed E-state index contributed by atoms with van der Waals surface area (Å²) in [5.74, 6) is 0.366. The Kier molecular flexibility index (Phi) is 5.94. The number of hydrogen-bond acceptors (Lipinski definition) is 5. The summed E-state index contributed by atoms with van der Waals surface area (Å²) in [5.41, 5.74) is 2.32. The van der Waals surface area contributed by atoms with Gasteiger partial charge < -0.3 is 14.5 Å². The Bertz CT molecular complexity index is 711. The molecule has 1 aromatic carbocycles. The second kappa shape index (κ2) is 8.59. The van der Waals surface area contributed by atoms with E-state index in [1.807, 2.05) is 28.0 Å². The SMILES string of the molecule is C[C@H]1Cc2ccccc2N1C(=O)CN1CCN(CC(=O)N2CCOCC2)CC1. The fraction of sp³-hybridized carbons (Fsp3) is 0.619. The maximum Gasteiger partial charge on any atom is 0.241 e. The van der Waals surface area contributed by atoms with Gasteiger partial charge in [0.1, 0.15) is 0 Å². The van der Waals surface area contributed by atoms with E-state index < -0.39 is 0 Å². The van der Waals surface area contributed by atoms with Crippen LogP contribution in [0.4, 0.5) is 5.69 Å². The maximum absolute atomic E-state index is 13.0. The van der Waals surface area contributed by atoms with Crippen LogP contribution < -0.4 is 4.90 Å². The first-order valence-corrected chi connectivity index (χ1v) is 10.3. The standard InChI is InChI=1S/C21H30N4O3/c1-17-14-18-4-2-3-5-19(18)25(17)21(27)16-23-8-6-22(7-9-23)15-20(26)24-10-12-28-13-11-24/h2-5,17H,6-16H2,1H3/t17-/m0/s1. The number of nitrogens with zero attached hydrogens (tertiary/aromatic N) is 4. The summed E-state index contributed by atoms with van der Waals surface area (Å²) in [6.07, 6.45) is 0.930. The van der Waals surface area contributed by atoms with Gasteiger partial charge in [0, 0.05) is 51.0 Å². The number of rotatable bonds is 4. The van der Waals surface area contributed by atoms with Crippen LogP contribution in [0.2, 0.25) is 0 Å². The van der Waals surface area contributed by atoms with Crippen molar-refractivity contribution in [2.45, 2.75) is 19.4 Å². The Morgan fingerprint density at radius 1 is 0.929 bits per heavy atom. The normalized spacial score (nSPS) is 23.7. The topological polar surface area (TPSA) is 56.3 Å². The average Bonchev–Trinajstić information content (AvgIpc) is 3.06. The number of anilines is 1. The van der Waals surface area contributed by atoms with Crippen LogP contribution >= 0.6 is 0 Å². The highest BCUT2D eigenvalue weighted by molar-refractivity contribution is 5.97. The summed E-state index contributed by atoms with van der Waals surface area (Å²) >= 11 is 0. The van der Waals surface area contributed by atoms with Crippen molar-refractivity contribution in [1.29, 1.82) is 0 Å². The van der Waals surface area contributed by atoms with Crippen LogP contribution in [0, 0.1) is 0 Å². The molecule has 2 amide bonds. The molecule has 1 aromatic rings. The van der Waals surface area contributed by atoms with Gasteiger partial charge in [0.15, 0.2) is 0 Å². The minimum absolute atomic E-state index is 0.176. The van der Waals surface area contributed by atoms with Crippen LogP contribution in [0.15, 0.2) is 24.3 Å². The Hall–Kier alpha value is -1.96. The highest BCUT2D eigenvalue weighted by atomic mass is 16.5. The van der Waals surface area contributed by atoms with E-state index in [0.717, 1.165) is 38.3 Å². The summed E-state index contributed by atoms with van der Waals surface area (Å²) in [7, 11) is 0. The van der Waals surface area contributed by atoms with Crippen molar-refractivity contribution in [1.82, 2.24) is 14.7 Å². The molecule has 7 heteroatoms. The van der Waals surface area contributed by atoms with Crippen LogP contribution in [0.25, 0.3) is 0 Å². The number of piperazine rings is 1. The molecule has 4 rings (SSSR count). The minimum Gasteiger partial charge on any atom is -0.378 e. The molecule has 3 aliphatic rings. The fourth-order valence-electron chi connectivity index (χ4n) is 4.42. The predicted octanol–water partition coefficient (Wildman–Crippen LogP) is 0.441. The molecule has 28 heavy (non-hydrogen) atoms. The predicted molar refractivity (Wildman–Crippen MR) is 107 cm³/mol. The van der Waals surface area contributed by atoms with Crippen molar-refractivity contribution >= 4 is 17.5 Å². The third kappa shape index (κ3) is 4.21. The van der Waals surface area contributed by atoms with Crippen LogP contribution in [0.3, 0.4) is 0 Å². The lowest BCUT2D eigenvalue weighted by molar-refractivity contribution is -0.137. The molecule has 2 fully saturated rings. The molecule has 0 saturated carbocycles. The summed E-state index contributed by atoms with van der Waals surface area (Å²) in [4.78, 5) is 33.6. The van der Waals surface area contributed by atoms with E-state index in [-0.39, 0.29) is 17.9 Å². The van der Waals surface area contributed by atoms with Crippen molar-refractivity contribution in [3.8, 4) is 0 Å². The maximum atomic E-state index is 13.0. The number of carbonyl (C=O) groups excluding carboxylic acids is 2. The molecule has 7 nitrogen and oxygen atoms in total. The number of carbonyl (C=O) groups is 2. The van der Waals surface area contributed by atoms with E-state index in [2.05, 4.69) is 22.8 Å². The van der Waals surface area contributed by atoms with Crippen molar-refractivity contribution in [2.75, 3.05) is 70.5 Å². The van der Waals surface area contributed by atoms with Crippen LogP contribution in [-0.4, -0.2) is 98.1 Å². The van der Waals surface area contributed by atoms with Gasteiger partial charge in [-0.05, 0) is 25.0 Å². The zero-order chi connectivity index (χ0) is 19.5. The first-order chi connectivity index (χ1) is 13.6. The number of hydrogen-bond donors (Lipinski definition) is 0. The summed E-state index contributed by atoms with van der Waals surface area (Å²) in [6.45, 7) is 9.02. The minimum atomic E-state index is 0.176.